The molecule has 0 spiro atoms. The molecule has 1 unspecified atom stereocenters. The largest absolute Gasteiger partial charge is 0.494 e. The molecule has 4 nitrogen and oxygen atoms in total. The summed E-state index contributed by atoms with van der Waals surface area (Å²) in [5.41, 5.74) is 0.477. The predicted molar refractivity (Wildman–Crippen MR) is 67.9 cm³/mol. The van der Waals surface area contributed by atoms with Gasteiger partial charge in [0.15, 0.2) is 11.6 Å². The molecule has 18 heavy (non-hydrogen) atoms. The minimum absolute atomic E-state index is 0.0965. The van der Waals surface area contributed by atoms with E-state index in [1.54, 1.807) is 25.1 Å². The number of carbonyl (C=O) groups is 1. The third-order valence-corrected chi connectivity index (χ3v) is 2.61. The van der Waals surface area contributed by atoms with Crippen molar-refractivity contribution in [2.24, 2.45) is 0 Å². The average Bonchev–Trinajstić information content (AvgIpc) is 2.37. The molecule has 0 aliphatic rings. The fraction of sp³-hybridized carbons (Fsp3) is 0.462. The van der Waals surface area contributed by atoms with Gasteiger partial charge in [-0.15, -0.1) is 0 Å². The Kier molecular flexibility index (Phi) is 5.58. The van der Waals surface area contributed by atoms with E-state index in [9.17, 15) is 9.18 Å². The molecule has 1 aromatic rings. The first kappa shape index (κ1) is 14.4. The van der Waals surface area contributed by atoms with Gasteiger partial charge in [-0.1, -0.05) is 12.1 Å². The van der Waals surface area contributed by atoms with E-state index in [1.165, 1.54) is 7.11 Å². The average molecular weight is 254 g/mol. The maximum Gasteiger partial charge on any atom is 0.236 e. The molecule has 2 N–H and O–H groups in total. The van der Waals surface area contributed by atoms with Crippen LogP contribution in [0.15, 0.2) is 18.2 Å². The van der Waals surface area contributed by atoms with Crippen molar-refractivity contribution in [1.82, 2.24) is 10.6 Å². The molecule has 0 heterocycles. The summed E-state index contributed by atoms with van der Waals surface area (Å²) in [7, 11) is 1.42. The first-order valence-corrected chi connectivity index (χ1v) is 5.92. The van der Waals surface area contributed by atoms with Gasteiger partial charge < -0.3 is 15.4 Å². The van der Waals surface area contributed by atoms with Crippen molar-refractivity contribution in [3.8, 4) is 5.75 Å². The Labute approximate surface area is 107 Å². The quantitative estimate of drug-likeness (QED) is 0.808. The molecule has 1 atom stereocenters. The zero-order valence-corrected chi connectivity index (χ0v) is 10.9. The predicted octanol–water partition coefficient (Wildman–Crippen LogP) is 1.45. The summed E-state index contributed by atoms with van der Waals surface area (Å²) in [6, 6.07) is 4.58. The molecule has 1 amide bonds. The fourth-order valence-electron chi connectivity index (χ4n) is 1.53. The van der Waals surface area contributed by atoms with Gasteiger partial charge in [-0.25, -0.2) is 4.39 Å². The Morgan fingerprint density at radius 3 is 2.83 bits per heavy atom. The van der Waals surface area contributed by atoms with Crippen LogP contribution in [0.2, 0.25) is 0 Å². The Morgan fingerprint density at radius 2 is 2.22 bits per heavy atom. The van der Waals surface area contributed by atoms with Crippen molar-refractivity contribution in [2.45, 2.75) is 26.4 Å². The van der Waals surface area contributed by atoms with Gasteiger partial charge in [-0.05, 0) is 19.9 Å². The zero-order chi connectivity index (χ0) is 13.5. The van der Waals surface area contributed by atoms with Gasteiger partial charge in [0, 0.05) is 18.7 Å². The minimum Gasteiger partial charge on any atom is -0.494 e. The van der Waals surface area contributed by atoms with Gasteiger partial charge in [0.05, 0.1) is 13.2 Å². The smallest absolute Gasteiger partial charge is 0.236 e. The topological polar surface area (TPSA) is 50.4 Å². The van der Waals surface area contributed by atoms with Crippen LogP contribution in [0.4, 0.5) is 4.39 Å². The molecule has 0 saturated carbocycles. The molecule has 1 aromatic carbocycles. The lowest BCUT2D eigenvalue weighted by Gasteiger charge is -2.14. The van der Waals surface area contributed by atoms with Gasteiger partial charge in [0.1, 0.15) is 0 Å². The highest BCUT2D eigenvalue weighted by molar-refractivity contribution is 5.81. The summed E-state index contributed by atoms with van der Waals surface area (Å²) in [5, 5.41) is 5.67. The van der Waals surface area contributed by atoms with Crippen LogP contribution in [-0.2, 0) is 11.3 Å². The van der Waals surface area contributed by atoms with E-state index in [-0.39, 0.29) is 24.2 Å². The Balaban J connectivity index is 2.61. The molecule has 100 valence electrons. The van der Waals surface area contributed by atoms with E-state index in [0.717, 1.165) is 0 Å². The summed E-state index contributed by atoms with van der Waals surface area (Å²) in [6.45, 7) is 4.45. The number of ether oxygens (including phenoxy) is 1. The standard InChI is InChI=1S/C13H19FN2O2/c1-4-15-13(17)9(2)16-8-10-6-5-7-11(18-3)12(10)14/h5-7,9,16H,4,8H2,1-3H3,(H,15,17). The van der Waals surface area contributed by atoms with Gasteiger partial charge in [-0.3, -0.25) is 4.79 Å². The lowest BCUT2D eigenvalue weighted by Crippen LogP contribution is -2.41. The molecule has 0 aromatic heterocycles. The number of nitrogens with one attached hydrogen (secondary N) is 2. The number of rotatable bonds is 6. The lowest BCUT2D eigenvalue weighted by atomic mass is 10.2. The molecule has 0 fully saturated rings. The normalized spacial score (nSPS) is 12.0. The van der Waals surface area contributed by atoms with Crippen LogP contribution in [0.25, 0.3) is 0 Å². The van der Waals surface area contributed by atoms with E-state index < -0.39 is 5.82 Å². The Morgan fingerprint density at radius 1 is 1.50 bits per heavy atom. The molecule has 5 heteroatoms. The first-order valence-electron chi connectivity index (χ1n) is 5.92. The van der Waals surface area contributed by atoms with Crippen molar-refractivity contribution in [1.29, 1.82) is 0 Å². The highest BCUT2D eigenvalue weighted by Gasteiger charge is 2.13. The van der Waals surface area contributed by atoms with Gasteiger partial charge in [0.2, 0.25) is 5.91 Å². The van der Waals surface area contributed by atoms with Crippen molar-refractivity contribution in [3.05, 3.63) is 29.6 Å². The van der Waals surface area contributed by atoms with E-state index in [1.807, 2.05) is 6.92 Å². The molecule has 0 aliphatic carbocycles. The second-order valence-electron chi connectivity index (χ2n) is 3.93. The van der Waals surface area contributed by atoms with Gasteiger partial charge >= 0.3 is 0 Å². The van der Waals surface area contributed by atoms with Crippen LogP contribution in [-0.4, -0.2) is 25.6 Å². The molecule has 0 aliphatic heterocycles. The maximum atomic E-state index is 13.8. The number of hydrogen-bond acceptors (Lipinski definition) is 3. The molecular weight excluding hydrogens is 235 g/mol. The minimum atomic E-state index is -0.393. The third-order valence-electron chi connectivity index (χ3n) is 2.61. The van der Waals surface area contributed by atoms with E-state index in [4.69, 9.17) is 4.74 Å². The van der Waals surface area contributed by atoms with Crippen LogP contribution in [0.1, 0.15) is 19.4 Å². The second kappa shape index (κ2) is 6.96. The number of carbonyl (C=O) groups excluding carboxylic acids is 1. The second-order valence-corrected chi connectivity index (χ2v) is 3.93. The third kappa shape index (κ3) is 3.70. The van der Waals surface area contributed by atoms with E-state index in [2.05, 4.69) is 10.6 Å². The number of methoxy groups -OCH3 is 1. The summed E-state index contributed by atoms with van der Waals surface area (Å²) < 4.78 is 18.7. The summed E-state index contributed by atoms with van der Waals surface area (Å²) >= 11 is 0. The van der Waals surface area contributed by atoms with Gasteiger partial charge in [-0.2, -0.15) is 0 Å². The number of amides is 1. The highest BCUT2D eigenvalue weighted by atomic mass is 19.1. The molecule has 1 rings (SSSR count). The molecule has 0 bridgehead atoms. The van der Waals surface area contributed by atoms with Crippen LogP contribution in [0.3, 0.4) is 0 Å². The van der Waals surface area contributed by atoms with Crippen molar-refractivity contribution in [2.75, 3.05) is 13.7 Å². The van der Waals surface area contributed by atoms with Crippen LogP contribution >= 0.6 is 0 Å². The summed E-state index contributed by atoms with van der Waals surface area (Å²) in [6.07, 6.45) is 0. The number of halogens is 1. The molecule has 0 saturated heterocycles. The fourth-order valence-corrected chi connectivity index (χ4v) is 1.53. The number of likely N-dealkylation sites (N-methyl/N-ethyl adjacent to an activating group) is 1. The summed E-state index contributed by atoms with van der Waals surface area (Å²) in [4.78, 5) is 11.5. The monoisotopic (exact) mass is 254 g/mol. The zero-order valence-electron chi connectivity index (χ0n) is 10.9. The van der Waals surface area contributed by atoms with Crippen molar-refractivity contribution < 1.29 is 13.9 Å². The van der Waals surface area contributed by atoms with Crippen LogP contribution in [0, 0.1) is 5.82 Å². The first-order chi connectivity index (χ1) is 8.60. The van der Waals surface area contributed by atoms with E-state index >= 15 is 0 Å². The number of hydrogen-bond donors (Lipinski definition) is 2. The summed E-state index contributed by atoms with van der Waals surface area (Å²) in [5.74, 6) is -0.281. The SMILES string of the molecule is CCNC(=O)C(C)NCc1cccc(OC)c1F. The van der Waals surface area contributed by atoms with E-state index in [0.29, 0.717) is 12.1 Å². The maximum absolute atomic E-state index is 13.8. The van der Waals surface area contributed by atoms with Crippen molar-refractivity contribution >= 4 is 5.91 Å². The van der Waals surface area contributed by atoms with Crippen molar-refractivity contribution in [3.63, 3.8) is 0 Å². The number of benzene rings is 1. The molecular formula is C13H19FN2O2. The Hall–Kier alpha value is -1.62. The van der Waals surface area contributed by atoms with Crippen LogP contribution in [0.5, 0.6) is 5.75 Å². The molecule has 0 radical (unpaired) electrons. The highest BCUT2D eigenvalue weighted by Crippen LogP contribution is 2.19. The van der Waals surface area contributed by atoms with Crippen LogP contribution < -0.4 is 15.4 Å². The van der Waals surface area contributed by atoms with Gasteiger partial charge in [0.25, 0.3) is 0 Å². The Bertz CT molecular complexity index is 410. The lowest BCUT2D eigenvalue weighted by molar-refractivity contribution is -0.122.